The maximum absolute atomic E-state index is 12.1. The summed E-state index contributed by atoms with van der Waals surface area (Å²) in [6, 6.07) is 4.58. The standard InChI is InChI=1S/C11H12N2O5S/c1-6(9(14)13-11(12)17)19(18)8-5-3-2-4-7(8)10(15)16/h2-6H,1H3,(H,15,16)(H3,12,13,14,17). The second-order valence-corrected chi connectivity index (χ2v) is 5.34. The first kappa shape index (κ1) is 14.8. The summed E-state index contributed by atoms with van der Waals surface area (Å²) in [4.78, 5) is 33.0. The fourth-order valence-corrected chi connectivity index (χ4v) is 2.55. The molecule has 0 aliphatic heterocycles. The molecule has 0 spiro atoms. The monoisotopic (exact) mass is 284 g/mol. The van der Waals surface area contributed by atoms with Crippen molar-refractivity contribution in [3.63, 3.8) is 0 Å². The summed E-state index contributed by atoms with van der Waals surface area (Å²) in [7, 11) is -1.91. The Labute approximate surface area is 111 Å². The number of carbonyl (C=O) groups excluding carboxylic acids is 2. The lowest BCUT2D eigenvalue weighted by atomic mass is 10.2. The number of carboxylic acid groups (broad SMARTS) is 1. The molecule has 0 fully saturated rings. The minimum atomic E-state index is -1.91. The Morgan fingerprint density at radius 1 is 1.32 bits per heavy atom. The van der Waals surface area contributed by atoms with E-state index in [9.17, 15) is 18.6 Å². The topological polar surface area (TPSA) is 127 Å². The zero-order chi connectivity index (χ0) is 14.6. The molecule has 8 heteroatoms. The normalized spacial score (nSPS) is 13.3. The molecule has 102 valence electrons. The Kier molecular flexibility index (Phi) is 4.76. The number of urea groups is 1. The fourth-order valence-electron chi connectivity index (χ4n) is 1.33. The van der Waals surface area contributed by atoms with E-state index in [0.29, 0.717) is 0 Å². The molecule has 1 aromatic carbocycles. The number of carbonyl (C=O) groups is 3. The molecule has 0 aliphatic rings. The van der Waals surface area contributed by atoms with E-state index in [1.165, 1.54) is 31.2 Å². The highest BCUT2D eigenvalue weighted by Crippen LogP contribution is 2.17. The number of nitrogens with two attached hydrogens (primary N) is 1. The number of nitrogens with one attached hydrogen (secondary N) is 1. The van der Waals surface area contributed by atoms with E-state index in [0.717, 1.165) is 0 Å². The Balaban J connectivity index is 3.04. The predicted octanol–water partition coefficient (Wildman–Crippen LogP) is 0.0758. The smallest absolute Gasteiger partial charge is 0.336 e. The number of rotatable bonds is 4. The predicted molar refractivity (Wildman–Crippen MR) is 67.0 cm³/mol. The fraction of sp³-hybridized carbons (Fsp3) is 0.182. The largest absolute Gasteiger partial charge is 0.478 e. The molecule has 0 aromatic heterocycles. The third-order valence-electron chi connectivity index (χ3n) is 2.27. The van der Waals surface area contributed by atoms with Crippen LogP contribution in [-0.2, 0) is 15.6 Å². The summed E-state index contributed by atoms with van der Waals surface area (Å²) in [5.41, 5.74) is 4.63. The molecule has 4 N–H and O–H groups in total. The molecule has 19 heavy (non-hydrogen) atoms. The van der Waals surface area contributed by atoms with Crippen LogP contribution in [0.1, 0.15) is 17.3 Å². The van der Waals surface area contributed by atoms with Crippen LogP contribution in [0.3, 0.4) is 0 Å². The number of aromatic carboxylic acids is 1. The minimum absolute atomic E-state index is 0.0159. The first-order chi connectivity index (χ1) is 8.84. The molecule has 2 atom stereocenters. The van der Waals surface area contributed by atoms with E-state index in [2.05, 4.69) is 0 Å². The minimum Gasteiger partial charge on any atom is -0.478 e. The zero-order valence-electron chi connectivity index (χ0n) is 9.95. The average molecular weight is 284 g/mol. The van der Waals surface area contributed by atoms with Gasteiger partial charge in [-0.1, -0.05) is 12.1 Å². The van der Waals surface area contributed by atoms with Crippen molar-refractivity contribution in [3.8, 4) is 0 Å². The second-order valence-electron chi connectivity index (χ2n) is 3.59. The van der Waals surface area contributed by atoms with Gasteiger partial charge in [-0.15, -0.1) is 0 Å². The molecule has 0 heterocycles. The van der Waals surface area contributed by atoms with Crippen molar-refractivity contribution >= 4 is 28.7 Å². The molecular weight excluding hydrogens is 272 g/mol. The molecule has 3 amide bonds. The lowest BCUT2D eigenvalue weighted by Gasteiger charge is -2.12. The molecular formula is C11H12N2O5S. The van der Waals surface area contributed by atoms with Gasteiger partial charge in [-0.2, -0.15) is 0 Å². The van der Waals surface area contributed by atoms with E-state index >= 15 is 0 Å². The maximum Gasteiger partial charge on any atom is 0.336 e. The van der Waals surface area contributed by atoms with Gasteiger partial charge in [-0.25, -0.2) is 9.59 Å². The van der Waals surface area contributed by atoms with Gasteiger partial charge < -0.3 is 10.8 Å². The van der Waals surface area contributed by atoms with Crippen LogP contribution in [0.5, 0.6) is 0 Å². The number of amides is 3. The molecule has 0 aliphatic carbocycles. The number of primary amides is 1. The molecule has 1 rings (SSSR count). The van der Waals surface area contributed by atoms with Crippen LogP contribution in [0.2, 0.25) is 0 Å². The molecule has 0 bridgehead atoms. The average Bonchev–Trinajstić information content (AvgIpc) is 2.36. The zero-order valence-corrected chi connectivity index (χ0v) is 10.8. The van der Waals surface area contributed by atoms with E-state index < -0.39 is 34.0 Å². The van der Waals surface area contributed by atoms with Gasteiger partial charge in [0.25, 0.3) is 0 Å². The van der Waals surface area contributed by atoms with E-state index in [4.69, 9.17) is 10.8 Å². The van der Waals surface area contributed by atoms with Gasteiger partial charge in [0.1, 0.15) is 5.25 Å². The van der Waals surface area contributed by atoms with Crippen LogP contribution >= 0.6 is 0 Å². The highest BCUT2D eigenvalue weighted by molar-refractivity contribution is 7.86. The highest BCUT2D eigenvalue weighted by Gasteiger charge is 2.25. The summed E-state index contributed by atoms with van der Waals surface area (Å²) >= 11 is 0. The second kappa shape index (κ2) is 6.10. The van der Waals surface area contributed by atoms with Crippen LogP contribution < -0.4 is 11.1 Å². The number of benzene rings is 1. The van der Waals surface area contributed by atoms with Crippen molar-refractivity contribution in [1.29, 1.82) is 0 Å². The van der Waals surface area contributed by atoms with Crippen LogP contribution in [-0.4, -0.2) is 32.5 Å². The Bertz CT molecular complexity index is 558. The number of hydrogen-bond donors (Lipinski definition) is 3. The van der Waals surface area contributed by atoms with Crippen molar-refractivity contribution in [2.45, 2.75) is 17.1 Å². The molecule has 2 unspecified atom stereocenters. The molecule has 0 saturated heterocycles. The lowest BCUT2D eigenvalue weighted by molar-refractivity contribution is -0.119. The Hall–Kier alpha value is -2.22. The van der Waals surface area contributed by atoms with Crippen LogP contribution in [0, 0.1) is 0 Å². The van der Waals surface area contributed by atoms with Crippen molar-refractivity contribution in [3.05, 3.63) is 29.8 Å². The Morgan fingerprint density at radius 2 is 1.89 bits per heavy atom. The number of imide groups is 1. The van der Waals surface area contributed by atoms with Gasteiger partial charge in [0, 0.05) is 0 Å². The molecule has 0 saturated carbocycles. The van der Waals surface area contributed by atoms with Gasteiger partial charge in [0.2, 0.25) is 5.91 Å². The van der Waals surface area contributed by atoms with Gasteiger partial charge >= 0.3 is 12.0 Å². The molecule has 0 radical (unpaired) electrons. The first-order valence-electron chi connectivity index (χ1n) is 5.17. The molecule has 7 nitrogen and oxygen atoms in total. The van der Waals surface area contributed by atoms with Crippen LogP contribution in [0.25, 0.3) is 0 Å². The van der Waals surface area contributed by atoms with Crippen LogP contribution in [0.4, 0.5) is 4.79 Å². The third kappa shape index (κ3) is 3.62. The quantitative estimate of drug-likeness (QED) is 0.721. The summed E-state index contributed by atoms with van der Waals surface area (Å²) < 4.78 is 12.1. The molecule has 1 aromatic rings. The number of hydrogen-bond acceptors (Lipinski definition) is 4. The first-order valence-corrected chi connectivity index (χ1v) is 6.39. The van der Waals surface area contributed by atoms with Crippen molar-refractivity contribution in [1.82, 2.24) is 5.32 Å². The van der Waals surface area contributed by atoms with E-state index in [-0.39, 0.29) is 10.5 Å². The van der Waals surface area contributed by atoms with Crippen molar-refractivity contribution < 1.29 is 23.7 Å². The number of carboxylic acids is 1. The van der Waals surface area contributed by atoms with Crippen molar-refractivity contribution in [2.24, 2.45) is 5.73 Å². The summed E-state index contributed by atoms with van der Waals surface area (Å²) in [6.45, 7) is 1.31. The lowest BCUT2D eigenvalue weighted by Crippen LogP contribution is -2.42. The van der Waals surface area contributed by atoms with Gasteiger partial charge in [-0.3, -0.25) is 14.3 Å². The van der Waals surface area contributed by atoms with Crippen molar-refractivity contribution in [2.75, 3.05) is 0 Å². The highest BCUT2D eigenvalue weighted by atomic mass is 32.2. The van der Waals surface area contributed by atoms with E-state index in [1.54, 1.807) is 5.32 Å². The van der Waals surface area contributed by atoms with E-state index in [1.807, 2.05) is 0 Å². The summed E-state index contributed by atoms with van der Waals surface area (Å²) in [5, 5.41) is 9.67. The van der Waals surface area contributed by atoms with Gasteiger partial charge in [0.15, 0.2) is 0 Å². The maximum atomic E-state index is 12.1. The SMILES string of the molecule is CC(C(=O)NC(N)=O)S(=O)c1ccccc1C(=O)O. The summed E-state index contributed by atoms with van der Waals surface area (Å²) in [5.74, 6) is -2.07. The Morgan fingerprint density at radius 3 is 2.42 bits per heavy atom. The van der Waals surface area contributed by atoms with Gasteiger partial charge in [0.05, 0.1) is 21.3 Å². The van der Waals surface area contributed by atoms with Crippen LogP contribution in [0.15, 0.2) is 29.2 Å². The summed E-state index contributed by atoms with van der Waals surface area (Å²) in [6.07, 6.45) is 0. The van der Waals surface area contributed by atoms with Gasteiger partial charge in [-0.05, 0) is 19.1 Å². The third-order valence-corrected chi connectivity index (χ3v) is 3.92.